The molecule has 0 heterocycles. The molecule has 0 bridgehead atoms. The van der Waals surface area contributed by atoms with Crippen LogP contribution in [0.2, 0.25) is 0 Å². The minimum atomic E-state index is -0.0341. The summed E-state index contributed by atoms with van der Waals surface area (Å²) < 4.78 is 1.21. The monoisotopic (exact) mass is 481 g/mol. The van der Waals surface area contributed by atoms with E-state index in [9.17, 15) is 5.11 Å². The molecule has 0 amide bonds. The molecule has 2 nitrogen and oxygen atoms in total. The van der Waals surface area contributed by atoms with Gasteiger partial charge in [0.05, 0.1) is 6.10 Å². The molecule has 6 aliphatic carbocycles. The molecule has 0 aromatic heterocycles. The van der Waals surface area contributed by atoms with Crippen LogP contribution in [0.15, 0.2) is 11.1 Å². The van der Waals surface area contributed by atoms with E-state index in [0.717, 1.165) is 48.5 Å². The van der Waals surface area contributed by atoms with Crippen molar-refractivity contribution in [1.82, 2.24) is 0 Å². The third kappa shape index (κ3) is 1.59. The summed E-state index contributed by atoms with van der Waals surface area (Å²) in [6.07, 6.45) is 5.31. The number of hydrogen-bond donors (Lipinski definition) is 2. The molecule has 1 spiro atoms. The van der Waals surface area contributed by atoms with E-state index >= 15 is 0 Å². The van der Waals surface area contributed by atoms with E-state index in [0.29, 0.717) is 22.7 Å². The van der Waals surface area contributed by atoms with Gasteiger partial charge in [-0.05, 0) is 90.8 Å². The smallest absolute Gasteiger partial charge is 0.0582 e. The molecule has 27 heavy (non-hydrogen) atoms. The Balaban J connectivity index is 1.46. The van der Waals surface area contributed by atoms with Crippen LogP contribution in [0.3, 0.4) is 0 Å². The lowest BCUT2D eigenvalue weighted by Crippen LogP contribution is -2.75. The first-order valence-corrected chi connectivity index (χ1v) is 12.9. The van der Waals surface area contributed by atoms with Crippen molar-refractivity contribution in [3.05, 3.63) is 11.1 Å². The van der Waals surface area contributed by atoms with E-state index in [1.54, 1.807) is 11.1 Å². The van der Waals surface area contributed by atoms with E-state index in [4.69, 9.17) is 5.73 Å². The quantitative estimate of drug-likeness (QED) is 0.350. The van der Waals surface area contributed by atoms with Crippen LogP contribution in [0, 0.1) is 63.6 Å². The number of halogens is 1. The Hall–Kier alpha value is 0.390. The van der Waals surface area contributed by atoms with Gasteiger partial charge >= 0.3 is 0 Å². The van der Waals surface area contributed by atoms with Crippen molar-refractivity contribution < 1.29 is 5.11 Å². The Morgan fingerprint density at radius 2 is 1.85 bits per heavy atom. The van der Waals surface area contributed by atoms with Gasteiger partial charge in [0.25, 0.3) is 0 Å². The molecule has 3 heteroatoms. The van der Waals surface area contributed by atoms with Crippen molar-refractivity contribution in [1.29, 1.82) is 0 Å². The third-order valence-corrected chi connectivity index (χ3v) is 13.4. The predicted molar refractivity (Wildman–Crippen MR) is 117 cm³/mol. The van der Waals surface area contributed by atoms with Crippen LogP contribution >= 0.6 is 22.6 Å². The van der Waals surface area contributed by atoms with Crippen molar-refractivity contribution >= 4 is 22.6 Å². The standard InChI is InChI=1S/C24H36INO/c1-11-5-15-18(11)20(23(4,10-26)22(15,3)9-25)12(2)19-16-7-13-6-14-8-17(27)21(19)24(13,14)16/h11,13-19,21,27H,5-10,26H2,1-4H3/b20-12-. The molecule has 0 saturated heterocycles. The normalized spacial score (nSPS) is 66.6. The van der Waals surface area contributed by atoms with Crippen LogP contribution in [0.25, 0.3) is 0 Å². The van der Waals surface area contributed by atoms with E-state index in [-0.39, 0.29) is 11.5 Å². The number of allylic oxidation sites excluding steroid dienone is 1. The SMILES string of the molecule is C/C(=C1\C2C(C)CC2C(C)(CI)C1(C)CN)C1C2CC3CC4CC(O)C1C432. The summed E-state index contributed by atoms with van der Waals surface area (Å²) in [5.41, 5.74) is 11.0. The van der Waals surface area contributed by atoms with Crippen LogP contribution in [0.1, 0.15) is 53.4 Å². The maximum atomic E-state index is 11.0. The predicted octanol–water partition coefficient (Wildman–Crippen LogP) is 4.65. The van der Waals surface area contributed by atoms with Crippen molar-refractivity contribution in [3.63, 3.8) is 0 Å². The minimum Gasteiger partial charge on any atom is -0.393 e. The third-order valence-electron chi connectivity index (χ3n) is 11.8. The number of rotatable bonds is 3. The number of alkyl halides is 1. The van der Waals surface area contributed by atoms with Crippen LogP contribution in [-0.4, -0.2) is 22.2 Å². The molecule has 6 aliphatic rings. The van der Waals surface area contributed by atoms with E-state index in [1.165, 1.54) is 23.7 Å². The molecule has 12 unspecified atom stereocenters. The average Bonchev–Trinajstić information content (AvgIpc) is 2.99. The first kappa shape index (κ1) is 18.2. The van der Waals surface area contributed by atoms with E-state index < -0.39 is 0 Å². The number of fused-ring (bicyclic) bond motifs is 1. The molecule has 3 N–H and O–H groups in total. The van der Waals surface area contributed by atoms with Gasteiger partial charge in [-0.1, -0.05) is 54.5 Å². The Morgan fingerprint density at radius 3 is 2.44 bits per heavy atom. The van der Waals surface area contributed by atoms with Gasteiger partial charge in [0.1, 0.15) is 0 Å². The fourth-order valence-corrected chi connectivity index (χ4v) is 11.8. The van der Waals surface area contributed by atoms with Gasteiger partial charge in [0, 0.05) is 16.4 Å². The van der Waals surface area contributed by atoms with Crippen LogP contribution in [0.4, 0.5) is 0 Å². The molecular weight excluding hydrogens is 445 g/mol. The largest absolute Gasteiger partial charge is 0.393 e. The highest BCUT2D eigenvalue weighted by Gasteiger charge is 2.83. The molecule has 0 aromatic carbocycles. The molecular formula is C24H36INO. The van der Waals surface area contributed by atoms with Gasteiger partial charge in [-0.25, -0.2) is 0 Å². The van der Waals surface area contributed by atoms with Crippen LogP contribution in [-0.2, 0) is 0 Å². The maximum Gasteiger partial charge on any atom is 0.0582 e. The Bertz CT molecular complexity index is 749. The topological polar surface area (TPSA) is 46.2 Å². The van der Waals surface area contributed by atoms with Gasteiger partial charge in [0.15, 0.2) is 0 Å². The minimum absolute atomic E-state index is 0.0341. The molecule has 12 atom stereocenters. The zero-order valence-electron chi connectivity index (χ0n) is 17.3. The summed E-state index contributed by atoms with van der Waals surface area (Å²) in [6.45, 7) is 10.7. The van der Waals surface area contributed by atoms with Crippen molar-refractivity contribution in [2.24, 2.45) is 69.3 Å². The fourth-order valence-electron chi connectivity index (χ4n) is 10.3. The summed E-state index contributed by atoms with van der Waals surface area (Å²) in [5, 5.41) is 11.0. The van der Waals surface area contributed by atoms with Crippen molar-refractivity contribution in [2.75, 3.05) is 11.0 Å². The van der Waals surface area contributed by atoms with Crippen molar-refractivity contribution in [3.8, 4) is 0 Å². The second kappa shape index (κ2) is 5.17. The Morgan fingerprint density at radius 1 is 1.15 bits per heavy atom. The van der Waals surface area contributed by atoms with Gasteiger partial charge in [-0.2, -0.15) is 0 Å². The average molecular weight is 481 g/mol. The Labute approximate surface area is 178 Å². The number of aliphatic hydroxyl groups excluding tert-OH is 1. The molecule has 0 aliphatic heterocycles. The Kier molecular flexibility index (Phi) is 3.48. The van der Waals surface area contributed by atoms with Gasteiger partial charge < -0.3 is 10.8 Å². The summed E-state index contributed by atoms with van der Waals surface area (Å²) in [6, 6.07) is 0. The highest BCUT2D eigenvalue weighted by atomic mass is 127. The summed E-state index contributed by atoms with van der Waals surface area (Å²) >= 11 is 2.63. The maximum absolute atomic E-state index is 11.0. The molecule has 0 radical (unpaired) electrons. The van der Waals surface area contributed by atoms with E-state index in [1.807, 2.05) is 0 Å². The zero-order valence-corrected chi connectivity index (χ0v) is 19.5. The van der Waals surface area contributed by atoms with Gasteiger partial charge in [0.2, 0.25) is 0 Å². The summed E-state index contributed by atoms with van der Waals surface area (Å²) in [5.74, 6) is 6.32. The molecule has 6 fully saturated rings. The summed E-state index contributed by atoms with van der Waals surface area (Å²) in [7, 11) is 0. The van der Waals surface area contributed by atoms with Crippen LogP contribution in [0.5, 0.6) is 0 Å². The van der Waals surface area contributed by atoms with Gasteiger partial charge in [-0.3, -0.25) is 0 Å². The fraction of sp³-hybridized carbons (Fsp3) is 0.917. The summed E-state index contributed by atoms with van der Waals surface area (Å²) in [4.78, 5) is 0. The van der Waals surface area contributed by atoms with Gasteiger partial charge in [-0.15, -0.1) is 0 Å². The lowest BCUT2D eigenvalue weighted by atomic mass is 9.25. The second-order valence-corrected chi connectivity index (χ2v) is 12.6. The molecule has 0 aromatic rings. The van der Waals surface area contributed by atoms with Crippen molar-refractivity contribution in [2.45, 2.75) is 59.5 Å². The molecule has 150 valence electrons. The highest BCUT2D eigenvalue weighted by Crippen LogP contribution is 2.87. The molecule has 6 rings (SSSR count). The first-order valence-electron chi connectivity index (χ1n) is 11.4. The lowest BCUT2D eigenvalue weighted by Gasteiger charge is -2.79. The van der Waals surface area contributed by atoms with E-state index in [2.05, 4.69) is 50.3 Å². The molecule has 6 saturated carbocycles. The number of aliphatic hydroxyl groups is 1. The second-order valence-electron chi connectivity index (χ2n) is 11.9. The lowest BCUT2D eigenvalue weighted by molar-refractivity contribution is -0.312. The highest BCUT2D eigenvalue weighted by molar-refractivity contribution is 14.1. The van der Waals surface area contributed by atoms with Crippen LogP contribution < -0.4 is 5.73 Å². The number of nitrogens with two attached hydrogens (primary N) is 1. The zero-order chi connectivity index (χ0) is 19.1. The number of hydrogen-bond acceptors (Lipinski definition) is 2. The first-order chi connectivity index (χ1) is 12.8.